The summed E-state index contributed by atoms with van der Waals surface area (Å²) in [6, 6.07) is 38.4. The van der Waals surface area contributed by atoms with Gasteiger partial charge in [0.25, 0.3) is 0 Å². The minimum atomic E-state index is -0.228. The average molecular weight is 540 g/mol. The van der Waals surface area contributed by atoms with Gasteiger partial charge in [0.2, 0.25) is 0 Å². The lowest BCUT2D eigenvalue weighted by atomic mass is 9.76. The zero-order valence-electron chi connectivity index (χ0n) is 23.0. The molecule has 9 rings (SSSR count). The number of rotatable bonds is 2. The van der Waals surface area contributed by atoms with Crippen LogP contribution >= 0.6 is 0 Å². The summed E-state index contributed by atoms with van der Waals surface area (Å²) in [6.45, 7) is 2.29. The lowest BCUT2D eigenvalue weighted by molar-refractivity contribution is 0.550. The molecular formula is C38H25N3O. The molecule has 4 nitrogen and oxygen atoms in total. The quantitative estimate of drug-likeness (QED) is 0.220. The summed E-state index contributed by atoms with van der Waals surface area (Å²) >= 11 is 0. The van der Waals surface area contributed by atoms with Crippen LogP contribution < -0.4 is 4.90 Å². The van der Waals surface area contributed by atoms with Gasteiger partial charge in [0, 0.05) is 33.3 Å². The summed E-state index contributed by atoms with van der Waals surface area (Å²) in [5, 5.41) is 15.4. The van der Waals surface area contributed by atoms with E-state index in [2.05, 4.69) is 132 Å². The van der Waals surface area contributed by atoms with Crippen molar-refractivity contribution in [1.82, 2.24) is 4.57 Å². The Morgan fingerprint density at radius 1 is 0.738 bits per heavy atom. The van der Waals surface area contributed by atoms with Crippen molar-refractivity contribution >= 4 is 55.1 Å². The van der Waals surface area contributed by atoms with E-state index >= 15 is 0 Å². The van der Waals surface area contributed by atoms with E-state index in [0.717, 1.165) is 60.8 Å². The number of benzene rings is 5. The van der Waals surface area contributed by atoms with Crippen LogP contribution in [0.3, 0.4) is 0 Å². The molecule has 3 heterocycles. The highest BCUT2D eigenvalue weighted by Gasteiger charge is 2.47. The molecule has 1 aliphatic heterocycles. The van der Waals surface area contributed by atoms with Gasteiger partial charge in [-0.15, -0.1) is 0 Å². The Kier molecular flexibility index (Phi) is 4.56. The van der Waals surface area contributed by atoms with Crippen LogP contribution in [-0.2, 0) is 5.41 Å². The number of allylic oxidation sites excluding steroid dienone is 2. The van der Waals surface area contributed by atoms with E-state index in [1.54, 1.807) is 0 Å². The maximum Gasteiger partial charge on any atom is 0.139 e. The fraction of sp³-hybridized carbons (Fsp3) is 0.0789. The minimum absolute atomic E-state index is 0.0137. The van der Waals surface area contributed by atoms with Gasteiger partial charge < -0.3 is 13.9 Å². The van der Waals surface area contributed by atoms with Crippen LogP contribution in [0.25, 0.3) is 49.4 Å². The van der Waals surface area contributed by atoms with Gasteiger partial charge in [-0.05, 0) is 36.8 Å². The summed E-state index contributed by atoms with van der Waals surface area (Å²) in [4.78, 5) is 2.35. The van der Waals surface area contributed by atoms with Crippen molar-refractivity contribution in [2.24, 2.45) is 0 Å². The third-order valence-corrected chi connectivity index (χ3v) is 9.28. The fourth-order valence-electron chi connectivity index (χ4n) is 7.44. The summed E-state index contributed by atoms with van der Waals surface area (Å²) < 4.78 is 8.86. The van der Waals surface area contributed by atoms with Crippen LogP contribution in [0.1, 0.15) is 18.1 Å². The van der Waals surface area contributed by atoms with Crippen molar-refractivity contribution in [2.45, 2.75) is 18.4 Å². The molecule has 4 heteroatoms. The van der Waals surface area contributed by atoms with Crippen LogP contribution in [0, 0.1) is 11.3 Å². The summed E-state index contributed by atoms with van der Waals surface area (Å²) in [6.07, 6.45) is 8.79. The van der Waals surface area contributed by atoms with Crippen LogP contribution in [0.4, 0.5) is 11.4 Å². The maximum absolute atomic E-state index is 11.1. The molecule has 2 unspecified atom stereocenters. The molecule has 2 atom stereocenters. The Labute approximate surface area is 242 Å². The molecule has 0 N–H and O–H groups in total. The van der Waals surface area contributed by atoms with E-state index in [9.17, 15) is 5.26 Å². The molecule has 42 heavy (non-hydrogen) atoms. The first-order chi connectivity index (χ1) is 20.7. The number of hydrogen-bond acceptors (Lipinski definition) is 3. The molecule has 0 fully saturated rings. The van der Waals surface area contributed by atoms with Gasteiger partial charge in [-0.25, -0.2) is 0 Å². The SMILES string of the molecule is CC12C=CC=CC1N(c1cc3oc4ccccc4c3c(-n3c4ccccc4c4ccccc43)c1C#N)c1ccccc12. The lowest BCUT2D eigenvalue weighted by Gasteiger charge is -2.35. The molecule has 198 valence electrons. The average Bonchev–Trinajstić information content (AvgIpc) is 3.66. The second kappa shape index (κ2) is 8.25. The van der Waals surface area contributed by atoms with Crippen molar-refractivity contribution < 1.29 is 4.42 Å². The van der Waals surface area contributed by atoms with Crippen molar-refractivity contribution in [3.8, 4) is 11.8 Å². The largest absolute Gasteiger partial charge is 0.456 e. The normalized spacial score (nSPS) is 19.1. The van der Waals surface area contributed by atoms with Gasteiger partial charge in [0.1, 0.15) is 22.8 Å². The zero-order valence-corrected chi connectivity index (χ0v) is 23.0. The first-order valence-corrected chi connectivity index (χ1v) is 14.3. The van der Waals surface area contributed by atoms with E-state index in [4.69, 9.17) is 4.42 Å². The first kappa shape index (κ1) is 23.2. The van der Waals surface area contributed by atoms with E-state index < -0.39 is 0 Å². The highest BCUT2D eigenvalue weighted by molar-refractivity contribution is 6.16. The number of fused-ring (bicyclic) bond motifs is 9. The number of nitriles is 1. The van der Waals surface area contributed by atoms with Crippen LogP contribution in [-0.4, -0.2) is 10.6 Å². The van der Waals surface area contributed by atoms with E-state index in [1.165, 1.54) is 5.56 Å². The Morgan fingerprint density at radius 3 is 2.17 bits per heavy atom. The summed E-state index contributed by atoms with van der Waals surface area (Å²) in [5.74, 6) is 0. The summed E-state index contributed by atoms with van der Waals surface area (Å²) in [7, 11) is 0. The third-order valence-electron chi connectivity index (χ3n) is 9.28. The fourth-order valence-corrected chi connectivity index (χ4v) is 7.44. The molecule has 0 radical (unpaired) electrons. The molecule has 0 saturated heterocycles. The molecule has 1 aliphatic carbocycles. The number of para-hydroxylation sites is 4. The van der Waals surface area contributed by atoms with Gasteiger partial charge >= 0.3 is 0 Å². The molecule has 0 spiro atoms. The van der Waals surface area contributed by atoms with Crippen molar-refractivity contribution in [1.29, 1.82) is 5.26 Å². The van der Waals surface area contributed by atoms with Gasteiger partial charge in [0.05, 0.1) is 33.8 Å². The Morgan fingerprint density at radius 2 is 1.40 bits per heavy atom. The highest BCUT2D eigenvalue weighted by atomic mass is 16.3. The smallest absolute Gasteiger partial charge is 0.139 e. The van der Waals surface area contributed by atoms with E-state index in [-0.39, 0.29) is 11.5 Å². The number of anilines is 2. The van der Waals surface area contributed by atoms with E-state index in [0.29, 0.717) is 5.56 Å². The molecular weight excluding hydrogens is 514 g/mol. The number of hydrogen-bond donors (Lipinski definition) is 0. The van der Waals surface area contributed by atoms with Crippen LogP contribution in [0.2, 0.25) is 0 Å². The predicted octanol–water partition coefficient (Wildman–Crippen LogP) is 9.46. The zero-order chi connectivity index (χ0) is 28.0. The second-order valence-corrected chi connectivity index (χ2v) is 11.4. The van der Waals surface area contributed by atoms with Crippen molar-refractivity contribution in [2.75, 3.05) is 4.90 Å². The second-order valence-electron chi connectivity index (χ2n) is 11.4. The van der Waals surface area contributed by atoms with Crippen LogP contribution in [0.5, 0.6) is 0 Å². The maximum atomic E-state index is 11.1. The van der Waals surface area contributed by atoms with Crippen LogP contribution in [0.15, 0.2) is 132 Å². The molecule has 2 aliphatic rings. The minimum Gasteiger partial charge on any atom is -0.456 e. The number of nitrogens with zero attached hydrogens (tertiary/aromatic N) is 3. The van der Waals surface area contributed by atoms with Gasteiger partial charge in [-0.2, -0.15) is 5.26 Å². The van der Waals surface area contributed by atoms with Gasteiger partial charge in [-0.3, -0.25) is 0 Å². The number of aromatic nitrogens is 1. The highest BCUT2D eigenvalue weighted by Crippen LogP contribution is 2.53. The summed E-state index contributed by atoms with van der Waals surface area (Å²) in [5.41, 5.74) is 8.17. The standard InChI is InChI=1S/C38H25N3O/c1-38-21-11-10-20-35(38)40(31-18-8-5-15-28(31)38)32-22-34-36(26-14-4-9-19-33(26)42-34)37(27(32)23-39)41-29-16-6-2-12-24(29)25-13-3-7-17-30(25)41/h2-22,35H,1H3. The van der Waals surface area contributed by atoms with Crippen molar-refractivity contribution in [3.63, 3.8) is 0 Å². The third kappa shape index (κ3) is 2.85. The predicted molar refractivity (Wildman–Crippen MR) is 171 cm³/mol. The lowest BCUT2D eigenvalue weighted by Crippen LogP contribution is -2.39. The van der Waals surface area contributed by atoms with Gasteiger partial charge in [-0.1, -0.05) is 97.1 Å². The molecule has 7 aromatic rings. The topological polar surface area (TPSA) is 45.1 Å². The molecule has 5 aromatic carbocycles. The Balaban J connectivity index is 1.48. The van der Waals surface area contributed by atoms with Crippen molar-refractivity contribution in [3.05, 3.63) is 139 Å². The molecule has 2 aromatic heterocycles. The monoisotopic (exact) mass is 539 g/mol. The van der Waals surface area contributed by atoms with Gasteiger partial charge in [0.15, 0.2) is 0 Å². The van der Waals surface area contributed by atoms with E-state index in [1.807, 2.05) is 18.2 Å². The Hall–Kier alpha value is -5.53. The Bertz CT molecular complexity index is 2310. The number of furan rings is 1. The first-order valence-electron chi connectivity index (χ1n) is 14.3. The molecule has 0 bridgehead atoms. The molecule has 0 amide bonds. The molecule has 0 saturated carbocycles.